The molecule has 0 aliphatic rings. The molecular formula is C5H6N2O2. The Morgan fingerprint density at radius 1 is 1.56 bits per heavy atom. The SMILES string of the molecule is Nc1ccc(=O)n(O)c1. The Labute approximate surface area is 51.1 Å². The van der Waals surface area contributed by atoms with E-state index in [1.54, 1.807) is 0 Å². The fourth-order valence-electron chi connectivity index (χ4n) is 0.492. The number of rotatable bonds is 0. The zero-order valence-corrected chi connectivity index (χ0v) is 4.61. The first-order valence-corrected chi connectivity index (χ1v) is 2.37. The van der Waals surface area contributed by atoms with Crippen LogP contribution in [0.15, 0.2) is 23.1 Å². The maximum Gasteiger partial charge on any atom is 0.282 e. The molecule has 1 aromatic heterocycles. The molecule has 0 fully saturated rings. The standard InChI is InChI=1S/C5H6N2O2/c6-4-1-2-5(8)7(9)3-4/h1-3,9H,6H2. The zero-order valence-electron chi connectivity index (χ0n) is 4.61. The maximum absolute atomic E-state index is 10.4. The van der Waals surface area contributed by atoms with Crippen LogP contribution in [0.3, 0.4) is 0 Å². The van der Waals surface area contributed by atoms with E-state index in [1.807, 2.05) is 0 Å². The Morgan fingerprint density at radius 2 is 2.22 bits per heavy atom. The summed E-state index contributed by atoms with van der Waals surface area (Å²) in [5, 5.41) is 8.62. The molecule has 1 heterocycles. The summed E-state index contributed by atoms with van der Waals surface area (Å²) in [6.45, 7) is 0. The van der Waals surface area contributed by atoms with Gasteiger partial charge in [0.2, 0.25) is 0 Å². The van der Waals surface area contributed by atoms with Crippen LogP contribution < -0.4 is 11.3 Å². The molecule has 0 spiro atoms. The quantitative estimate of drug-likeness (QED) is 0.467. The van der Waals surface area contributed by atoms with Gasteiger partial charge in [-0.3, -0.25) is 4.79 Å². The summed E-state index contributed by atoms with van der Waals surface area (Å²) < 4.78 is 0.440. The molecule has 0 bridgehead atoms. The average molecular weight is 126 g/mol. The number of anilines is 1. The van der Waals surface area contributed by atoms with E-state index in [-0.39, 0.29) is 0 Å². The Balaban J connectivity index is 3.34. The molecule has 48 valence electrons. The van der Waals surface area contributed by atoms with E-state index in [0.29, 0.717) is 10.4 Å². The molecule has 0 aromatic carbocycles. The summed E-state index contributed by atoms with van der Waals surface area (Å²) in [5.74, 6) is 0. The number of aromatic nitrogens is 1. The Morgan fingerprint density at radius 3 is 2.67 bits per heavy atom. The molecule has 4 nitrogen and oxygen atoms in total. The molecule has 4 heteroatoms. The Kier molecular flexibility index (Phi) is 1.14. The highest BCUT2D eigenvalue weighted by Crippen LogP contribution is 1.91. The van der Waals surface area contributed by atoms with E-state index in [2.05, 4.69) is 0 Å². The van der Waals surface area contributed by atoms with Crippen molar-refractivity contribution in [3.05, 3.63) is 28.7 Å². The van der Waals surface area contributed by atoms with Crippen molar-refractivity contribution in [1.82, 2.24) is 4.73 Å². The minimum Gasteiger partial charge on any atom is -0.425 e. The minimum atomic E-state index is -0.482. The summed E-state index contributed by atoms with van der Waals surface area (Å²) in [6, 6.07) is 2.62. The minimum absolute atomic E-state index is 0.358. The van der Waals surface area contributed by atoms with Gasteiger partial charge in [-0.2, -0.15) is 4.73 Å². The van der Waals surface area contributed by atoms with Crippen LogP contribution in [0.1, 0.15) is 0 Å². The van der Waals surface area contributed by atoms with Gasteiger partial charge in [0.25, 0.3) is 5.56 Å². The lowest BCUT2D eigenvalue weighted by Crippen LogP contribution is -2.15. The predicted octanol–water partition coefficient (Wildman–Crippen LogP) is -0.332. The van der Waals surface area contributed by atoms with Gasteiger partial charge < -0.3 is 10.9 Å². The highest BCUT2D eigenvalue weighted by atomic mass is 16.5. The van der Waals surface area contributed by atoms with Crippen molar-refractivity contribution in [2.75, 3.05) is 5.73 Å². The molecule has 0 saturated carbocycles. The second-order valence-corrected chi connectivity index (χ2v) is 1.65. The first-order valence-electron chi connectivity index (χ1n) is 2.37. The van der Waals surface area contributed by atoms with Gasteiger partial charge >= 0.3 is 0 Å². The van der Waals surface area contributed by atoms with Crippen molar-refractivity contribution in [2.24, 2.45) is 0 Å². The molecule has 3 N–H and O–H groups in total. The van der Waals surface area contributed by atoms with Crippen LogP contribution in [0.25, 0.3) is 0 Å². The van der Waals surface area contributed by atoms with Gasteiger partial charge in [-0.25, -0.2) is 0 Å². The third kappa shape index (κ3) is 1.02. The summed E-state index contributed by atoms with van der Waals surface area (Å²) in [7, 11) is 0. The number of nitrogens with two attached hydrogens (primary N) is 1. The van der Waals surface area contributed by atoms with E-state index in [4.69, 9.17) is 10.9 Å². The summed E-state index contributed by atoms with van der Waals surface area (Å²) in [5.41, 5.74) is 5.08. The number of pyridine rings is 1. The molecule has 0 saturated heterocycles. The normalized spacial score (nSPS) is 9.33. The van der Waals surface area contributed by atoms with Crippen molar-refractivity contribution >= 4 is 5.69 Å². The highest BCUT2D eigenvalue weighted by molar-refractivity contribution is 5.32. The zero-order chi connectivity index (χ0) is 6.85. The van der Waals surface area contributed by atoms with Crippen LogP contribution >= 0.6 is 0 Å². The van der Waals surface area contributed by atoms with Crippen molar-refractivity contribution in [3.63, 3.8) is 0 Å². The lowest BCUT2D eigenvalue weighted by Gasteiger charge is -1.93. The van der Waals surface area contributed by atoms with Crippen LogP contribution in [-0.4, -0.2) is 9.94 Å². The van der Waals surface area contributed by atoms with Crippen LogP contribution in [0.5, 0.6) is 0 Å². The fraction of sp³-hybridized carbons (Fsp3) is 0. The summed E-state index contributed by atoms with van der Waals surface area (Å²) >= 11 is 0. The monoisotopic (exact) mass is 126 g/mol. The summed E-state index contributed by atoms with van der Waals surface area (Å²) in [6.07, 6.45) is 1.14. The van der Waals surface area contributed by atoms with Gasteiger partial charge in [0.15, 0.2) is 0 Å². The lowest BCUT2D eigenvalue weighted by atomic mass is 10.4. The molecular weight excluding hydrogens is 120 g/mol. The van der Waals surface area contributed by atoms with Gasteiger partial charge in [0.1, 0.15) is 0 Å². The molecule has 0 atom stereocenters. The van der Waals surface area contributed by atoms with Gasteiger partial charge in [0.05, 0.1) is 11.9 Å². The second kappa shape index (κ2) is 1.81. The topological polar surface area (TPSA) is 68.2 Å². The Hall–Kier alpha value is -1.45. The van der Waals surface area contributed by atoms with E-state index in [0.717, 1.165) is 6.20 Å². The fourth-order valence-corrected chi connectivity index (χ4v) is 0.492. The predicted molar refractivity (Wildman–Crippen MR) is 32.3 cm³/mol. The van der Waals surface area contributed by atoms with Crippen LogP contribution in [0.2, 0.25) is 0 Å². The third-order valence-electron chi connectivity index (χ3n) is 0.916. The first-order chi connectivity index (χ1) is 4.20. The molecule has 0 aliphatic carbocycles. The molecule has 9 heavy (non-hydrogen) atoms. The van der Waals surface area contributed by atoms with Gasteiger partial charge in [0, 0.05) is 6.07 Å². The van der Waals surface area contributed by atoms with E-state index < -0.39 is 5.56 Å². The number of hydrogen-bond donors (Lipinski definition) is 2. The third-order valence-corrected chi connectivity index (χ3v) is 0.916. The van der Waals surface area contributed by atoms with E-state index >= 15 is 0 Å². The van der Waals surface area contributed by atoms with E-state index in [1.165, 1.54) is 12.1 Å². The lowest BCUT2D eigenvalue weighted by molar-refractivity contribution is 0.175. The van der Waals surface area contributed by atoms with Gasteiger partial charge in [-0.1, -0.05) is 0 Å². The molecule has 0 radical (unpaired) electrons. The number of nitrogens with zero attached hydrogens (tertiary/aromatic N) is 1. The Bertz CT molecular complexity index is 266. The van der Waals surface area contributed by atoms with Gasteiger partial charge in [-0.05, 0) is 6.07 Å². The van der Waals surface area contributed by atoms with Crippen molar-refractivity contribution in [3.8, 4) is 0 Å². The van der Waals surface area contributed by atoms with Gasteiger partial charge in [-0.15, -0.1) is 0 Å². The first kappa shape index (κ1) is 5.68. The molecule has 0 amide bonds. The second-order valence-electron chi connectivity index (χ2n) is 1.65. The van der Waals surface area contributed by atoms with Crippen LogP contribution in [0.4, 0.5) is 5.69 Å². The molecule has 0 unspecified atom stereocenters. The van der Waals surface area contributed by atoms with Crippen LogP contribution in [-0.2, 0) is 0 Å². The smallest absolute Gasteiger partial charge is 0.282 e. The molecule has 0 aliphatic heterocycles. The number of nitrogen functional groups attached to an aromatic ring is 1. The maximum atomic E-state index is 10.4. The van der Waals surface area contributed by atoms with Crippen molar-refractivity contribution in [2.45, 2.75) is 0 Å². The van der Waals surface area contributed by atoms with E-state index in [9.17, 15) is 4.79 Å². The molecule has 1 aromatic rings. The summed E-state index contributed by atoms with van der Waals surface area (Å²) in [4.78, 5) is 10.4. The number of hydrogen-bond acceptors (Lipinski definition) is 3. The van der Waals surface area contributed by atoms with Crippen LogP contribution in [0, 0.1) is 0 Å². The van der Waals surface area contributed by atoms with Crippen molar-refractivity contribution in [1.29, 1.82) is 0 Å². The van der Waals surface area contributed by atoms with Crippen molar-refractivity contribution < 1.29 is 5.21 Å². The molecule has 1 rings (SSSR count). The largest absolute Gasteiger partial charge is 0.425 e. The highest BCUT2D eigenvalue weighted by Gasteiger charge is 1.88. The average Bonchev–Trinajstić information content (AvgIpc) is 1.80.